The molecular formula is C21H18F3NO2. The van der Waals surface area contributed by atoms with E-state index in [0.29, 0.717) is 11.1 Å². The summed E-state index contributed by atoms with van der Waals surface area (Å²) in [5.41, 5.74) is 1.46. The molecule has 0 radical (unpaired) electrons. The summed E-state index contributed by atoms with van der Waals surface area (Å²) >= 11 is 0. The molecule has 3 nitrogen and oxygen atoms in total. The molecule has 3 atom stereocenters. The zero-order chi connectivity index (χ0) is 19.2. The molecule has 0 spiro atoms. The molecule has 2 aromatic rings. The van der Waals surface area contributed by atoms with Crippen molar-refractivity contribution in [3.8, 4) is 0 Å². The summed E-state index contributed by atoms with van der Waals surface area (Å²) in [6.07, 6.45) is 0.395. The van der Waals surface area contributed by atoms with E-state index >= 15 is 0 Å². The molecule has 6 heteroatoms. The zero-order valence-electron chi connectivity index (χ0n) is 14.6. The SMILES string of the molecule is COC(=O)c1ccc([C@@H]2Nc3c(cccc3C(F)(F)F)[C@@H]3C=CC[C@@H]32)cc1. The van der Waals surface area contributed by atoms with Gasteiger partial charge in [-0.1, -0.05) is 36.4 Å². The number of anilines is 1. The number of ether oxygens (including phenoxy) is 1. The highest BCUT2D eigenvalue weighted by Crippen LogP contribution is 2.52. The number of hydrogen-bond donors (Lipinski definition) is 1. The summed E-state index contributed by atoms with van der Waals surface area (Å²) in [6.45, 7) is 0. The van der Waals surface area contributed by atoms with Gasteiger partial charge in [0.05, 0.1) is 30.0 Å². The lowest BCUT2D eigenvalue weighted by atomic mass is 9.76. The number of carbonyl (C=O) groups is 1. The van der Waals surface area contributed by atoms with Crippen molar-refractivity contribution in [1.29, 1.82) is 0 Å². The minimum absolute atomic E-state index is 0.0613. The standard InChI is InChI=1S/C21H18F3NO2/c1-27-20(26)13-10-8-12(9-11-13)18-15-5-2-4-14(15)16-6-3-7-17(19(16)25-18)21(22,23)24/h2-4,6-11,14-15,18,25H,5H2,1H3/t14-,15+,18+/m1/s1. The second-order valence-electron chi connectivity index (χ2n) is 6.86. The van der Waals surface area contributed by atoms with Crippen molar-refractivity contribution >= 4 is 11.7 Å². The Labute approximate surface area is 154 Å². The average Bonchev–Trinajstić information content (AvgIpc) is 3.15. The Morgan fingerprint density at radius 2 is 1.89 bits per heavy atom. The van der Waals surface area contributed by atoms with Crippen molar-refractivity contribution in [1.82, 2.24) is 0 Å². The highest BCUT2D eigenvalue weighted by Gasteiger charge is 2.42. The van der Waals surface area contributed by atoms with E-state index in [1.165, 1.54) is 13.2 Å². The van der Waals surface area contributed by atoms with Gasteiger partial charge in [-0.15, -0.1) is 0 Å². The molecule has 0 saturated carbocycles. The van der Waals surface area contributed by atoms with Crippen LogP contribution in [-0.2, 0) is 10.9 Å². The number of alkyl halides is 3. The molecule has 1 aliphatic carbocycles. The number of benzene rings is 2. The van der Waals surface area contributed by atoms with Crippen LogP contribution in [0.1, 0.15) is 45.4 Å². The maximum absolute atomic E-state index is 13.5. The number of halogens is 3. The first-order valence-electron chi connectivity index (χ1n) is 8.71. The number of rotatable bonds is 2. The Kier molecular flexibility index (Phi) is 4.21. The van der Waals surface area contributed by atoms with Gasteiger partial charge in [0.1, 0.15) is 0 Å². The van der Waals surface area contributed by atoms with Gasteiger partial charge in [0.25, 0.3) is 0 Å². The molecule has 2 aromatic carbocycles. The average molecular weight is 373 g/mol. The van der Waals surface area contributed by atoms with Crippen LogP contribution in [0.5, 0.6) is 0 Å². The van der Waals surface area contributed by atoms with E-state index in [4.69, 9.17) is 4.74 Å². The van der Waals surface area contributed by atoms with Crippen LogP contribution in [0.25, 0.3) is 0 Å². The summed E-state index contributed by atoms with van der Waals surface area (Å²) in [7, 11) is 1.31. The fourth-order valence-corrected chi connectivity index (χ4v) is 4.13. The second-order valence-corrected chi connectivity index (χ2v) is 6.86. The lowest BCUT2D eigenvalue weighted by Gasteiger charge is -2.38. The van der Waals surface area contributed by atoms with Crippen LogP contribution in [0.15, 0.2) is 54.6 Å². The van der Waals surface area contributed by atoms with E-state index in [9.17, 15) is 18.0 Å². The number of fused-ring (bicyclic) bond motifs is 3. The maximum atomic E-state index is 13.5. The summed E-state index contributed by atoms with van der Waals surface area (Å²) in [5.74, 6) is -0.373. The number of nitrogens with one attached hydrogen (secondary N) is 1. The van der Waals surface area contributed by atoms with Crippen molar-refractivity contribution < 1.29 is 22.7 Å². The predicted octanol–water partition coefficient (Wildman–Crippen LogP) is 5.32. The van der Waals surface area contributed by atoms with Gasteiger partial charge in [-0.3, -0.25) is 0 Å². The van der Waals surface area contributed by atoms with Gasteiger partial charge in [-0.05, 0) is 41.7 Å². The van der Waals surface area contributed by atoms with Crippen LogP contribution in [0.4, 0.5) is 18.9 Å². The Bertz CT molecular complexity index is 903. The van der Waals surface area contributed by atoms with Crippen LogP contribution in [0, 0.1) is 5.92 Å². The highest BCUT2D eigenvalue weighted by atomic mass is 19.4. The van der Waals surface area contributed by atoms with Gasteiger partial charge in [-0.25, -0.2) is 4.79 Å². The first-order chi connectivity index (χ1) is 12.9. The topological polar surface area (TPSA) is 38.3 Å². The van der Waals surface area contributed by atoms with Crippen molar-refractivity contribution in [2.24, 2.45) is 5.92 Å². The first-order valence-corrected chi connectivity index (χ1v) is 8.71. The monoisotopic (exact) mass is 373 g/mol. The molecule has 0 fully saturated rings. The zero-order valence-corrected chi connectivity index (χ0v) is 14.6. The molecule has 0 bridgehead atoms. The Morgan fingerprint density at radius 1 is 1.15 bits per heavy atom. The van der Waals surface area contributed by atoms with Crippen LogP contribution < -0.4 is 5.32 Å². The molecule has 0 saturated heterocycles. The molecule has 0 unspecified atom stereocenters. The fraction of sp³-hybridized carbons (Fsp3) is 0.286. The third-order valence-corrected chi connectivity index (χ3v) is 5.39. The van der Waals surface area contributed by atoms with Crippen molar-refractivity contribution in [3.05, 3.63) is 76.9 Å². The largest absolute Gasteiger partial charge is 0.465 e. The minimum atomic E-state index is -4.42. The van der Waals surface area contributed by atoms with Crippen molar-refractivity contribution in [2.45, 2.75) is 24.6 Å². The molecule has 4 rings (SSSR count). The third-order valence-electron chi connectivity index (χ3n) is 5.39. The smallest absolute Gasteiger partial charge is 0.418 e. The van der Waals surface area contributed by atoms with Crippen LogP contribution in [0.3, 0.4) is 0 Å². The third kappa shape index (κ3) is 2.99. The fourth-order valence-electron chi connectivity index (χ4n) is 4.13. The lowest BCUT2D eigenvalue weighted by molar-refractivity contribution is -0.137. The van der Waals surface area contributed by atoms with Crippen molar-refractivity contribution in [3.63, 3.8) is 0 Å². The molecule has 1 N–H and O–H groups in total. The van der Waals surface area contributed by atoms with Gasteiger partial charge in [-0.2, -0.15) is 13.2 Å². The van der Waals surface area contributed by atoms with E-state index in [2.05, 4.69) is 5.32 Å². The Morgan fingerprint density at radius 3 is 2.56 bits per heavy atom. The number of para-hydroxylation sites is 1. The van der Waals surface area contributed by atoms with E-state index in [1.807, 2.05) is 12.2 Å². The van der Waals surface area contributed by atoms with Crippen LogP contribution in [-0.4, -0.2) is 13.1 Å². The number of esters is 1. The molecule has 1 heterocycles. The van der Waals surface area contributed by atoms with Crippen LogP contribution >= 0.6 is 0 Å². The molecule has 0 aromatic heterocycles. The quantitative estimate of drug-likeness (QED) is 0.572. The Balaban J connectivity index is 1.76. The highest BCUT2D eigenvalue weighted by molar-refractivity contribution is 5.89. The van der Waals surface area contributed by atoms with Crippen molar-refractivity contribution in [2.75, 3.05) is 12.4 Å². The van der Waals surface area contributed by atoms with E-state index in [1.54, 1.807) is 30.3 Å². The normalized spacial score (nSPS) is 23.3. The first kappa shape index (κ1) is 17.6. The lowest BCUT2D eigenvalue weighted by Crippen LogP contribution is -2.30. The molecule has 1 aliphatic heterocycles. The van der Waals surface area contributed by atoms with Gasteiger partial charge in [0.15, 0.2) is 0 Å². The Hall–Kier alpha value is -2.76. The molecular weight excluding hydrogens is 355 g/mol. The second kappa shape index (κ2) is 6.44. The maximum Gasteiger partial charge on any atom is 0.418 e. The van der Waals surface area contributed by atoms with E-state index in [-0.39, 0.29) is 23.6 Å². The van der Waals surface area contributed by atoms with Crippen LogP contribution in [0.2, 0.25) is 0 Å². The minimum Gasteiger partial charge on any atom is -0.465 e. The predicted molar refractivity (Wildman–Crippen MR) is 95.6 cm³/mol. The molecule has 0 amide bonds. The van der Waals surface area contributed by atoms with E-state index in [0.717, 1.165) is 18.1 Å². The number of hydrogen-bond acceptors (Lipinski definition) is 3. The summed E-state index contributed by atoms with van der Waals surface area (Å²) in [5, 5.41) is 3.15. The summed E-state index contributed by atoms with van der Waals surface area (Å²) in [4.78, 5) is 11.6. The molecule has 2 aliphatic rings. The number of allylic oxidation sites excluding steroid dienone is 2. The number of methoxy groups -OCH3 is 1. The van der Waals surface area contributed by atoms with Gasteiger partial charge in [0.2, 0.25) is 0 Å². The summed E-state index contributed by atoms with van der Waals surface area (Å²) < 4.78 is 45.3. The molecule has 140 valence electrons. The number of carbonyl (C=O) groups excluding carboxylic acids is 1. The van der Waals surface area contributed by atoms with Gasteiger partial charge >= 0.3 is 12.1 Å². The van der Waals surface area contributed by atoms with E-state index < -0.39 is 17.7 Å². The molecule has 27 heavy (non-hydrogen) atoms. The van der Waals surface area contributed by atoms with Gasteiger partial charge in [0, 0.05) is 5.92 Å². The summed E-state index contributed by atoms with van der Waals surface area (Å²) in [6, 6.07) is 10.9. The van der Waals surface area contributed by atoms with Gasteiger partial charge < -0.3 is 10.1 Å².